The topological polar surface area (TPSA) is 183 Å². The van der Waals surface area contributed by atoms with Gasteiger partial charge in [-0.05, 0) is 36.2 Å². The normalized spacial score (nSPS) is 10.5. The number of nitrogens with zero attached hydrogens (tertiary/aromatic N) is 4. The molecule has 48 heavy (non-hydrogen) atoms. The molecule has 6 rings (SSSR count). The molecule has 0 atom stereocenters. The highest BCUT2D eigenvalue weighted by molar-refractivity contribution is 8.13. The van der Waals surface area contributed by atoms with E-state index in [9.17, 15) is 8.42 Å². The third-order valence-corrected chi connectivity index (χ3v) is 7.99. The number of benzene rings is 4. The minimum Gasteiger partial charge on any atom is -0.496 e. The number of nitrogens with two attached hydrogens (primary N) is 1. The van der Waals surface area contributed by atoms with Gasteiger partial charge in [0.05, 0.1) is 26.2 Å². The molecule has 0 unspecified atom stereocenters. The average molecular weight is 691 g/mol. The summed E-state index contributed by atoms with van der Waals surface area (Å²) in [6.45, 7) is 2.41. The highest BCUT2D eigenvalue weighted by Crippen LogP contribution is 2.28. The van der Waals surface area contributed by atoms with Gasteiger partial charge in [-0.25, -0.2) is 8.42 Å². The van der Waals surface area contributed by atoms with E-state index < -0.39 is 9.05 Å². The lowest BCUT2D eigenvalue weighted by atomic mass is 10.2. The second-order valence-electron chi connectivity index (χ2n) is 9.89. The molecule has 0 fully saturated rings. The van der Waals surface area contributed by atoms with Gasteiger partial charge >= 0.3 is 0 Å². The minimum absolute atomic E-state index is 0.0524. The SMILES string of the molecule is COc1cc(S(=O)(=O)Cl)ccc1C.COc1ccc(CNc2n[nH]c(-c3ccccc3)n2)cc1OC.Nc1n[nH]c(-c2ccccc2)n1. The fourth-order valence-corrected chi connectivity index (χ4v) is 4.96. The summed E-state index contributed by atoms with van der Waals surface area (Å²) in [6, 6.07) is 29.9. The molecule has 2 aromatic heterocycles. The van der Waals surface area contributed by atoms with Gasteiger partial charge in [0.15, 0.2) is 23.1 Å². The van der Waals surface area contributed by atoms with Crippen LogP contribution in [0.25, 0.3) is 22.8 Å². The summed E-state index contributed by atoms with van der Waals surface area (Å²) in [4.78, 5) is 8.48. The summed E-state index contributed by atoms with van der Waals surface area (Å²) in [6.07, 6.45) is 0. The van der Waals surface area contributed by atoms with E-state index in [2.05, 4.69) is 35.7 Å². The smallest absolute Gasteiger partial charge is 0.261 e. The second kappa shape index (κ2) is 16.8. The molecule has 0 saturated heterocycles. The van der Waals surface area contributed by atoms with Gasteiger partial charge in [-0.3, -0.25) is 10.2 Å². The van der Waals surface area contributed by atoms with Crippen LogP contribution in [0.5, 0.6) is 17.2 Å². The van der Waals surface area contributed by atoms with Crippen LogP contribution in [0.2, 0.25) is 0 Å². The van der Waals surface area contributed by atoms with E-state index in [-0.39, 0.29) is 10.8 Å². The molecule has 0 spiro atoms. The van der Waals surface area contributed by atoms with E-state index in [0.29, 0.717) is 35.6 Å². The van der Waals surface area contributed by atoms with Gasteiger partial charge in [-0.1, -0.05) is 72.8 Å². The first-order valence-corrected chi connectivity index (χ1v) is 16.7. The second-order valence-corrected chi connectivity index (χ2v) is 12.5. The molecule has 0 amide bonds. The molecule has 15 heteroatoms. The zero-order valence-electron chi connectivity index (χ0n) is 26.6. The Morgan fingerprint density at radius 2 is 1.31 bits per heavy atom. The number of nitrogens with one attached hydrogen (secondary N) is 3. The van der Waals surface area contributed by atoms with Crippen molar-refractivity contribution in [2.24, 2.45) is 0 Å². The van der Waals surface area contributed by atoms with Gasteiger partial charge in [0.1, 0.15) is 5.75 Å². The molecule has 0 saturated carbocycles. The summed E-state index contributed by atoms with van der Waals surface area (Å²) in [5.41, 5.74) is 9.27. The van der Waals surface area contributed by atoms with Gasteiger partial charge < -0.3 is 25.3 Å². The molecule has 0 aliphatic carbocycles. The monoisotopic (exact) mass is 690 g/mol. The molecule has 0 aliphatic heterocycles. The molecule has 250 valence electrons. The number of aromatic amines is 2. The number of anilines is 2. The molecule has 5 N–H and O–H groups in total. The summed E-state index contributed by atoms with van der Waals surface area (Å²) in [5.74, 6) is 4.19. The lowest BCUT2D eigenvalue weighted by Crippen LogP contribution is -2.02. The van der Waals surface area contributed by atoms with Crippen molar-refractivity contribution in [3.05, 3.63) is 108 Å². The molecule has 0 radical (unpaired) electrons. The Bertz CT molecular complexity index is 2010. The third kappa shape index (κ3) is 9.95. The standard InChI is InChI=1S/C17H18N4O2.C8H9ClO3S.C8H8N4/c1-22-14-9-8-12(10-15(14)23-2)11-18-17-19-16(20-21-17)13-6-4-3-5-7-13;1-6-3-4-7(13(9,10)11)5-8(6)12-2;9-8-10-7(11-12-8)6-4-2-1-3-5-6/h3-10H,11H2,1-2H3,(H2,18,19,20,21);3-5H,1-2H3;1-5H,(H3,9,10,11,12). The Morgan fingerprint density at radius 3 is 1.85 bits per heavy atom. The number of methoxy groups -OCH3 is 3. The van der Waals surface area contributed by atoms with Crippen LogP contribution in [0.1, 0.15) is 11.1 Å². The van der Waals surface area contributed by atoms with E-state index in [4.69, 9.17) is 30.6 Å². The van der Waals surface area contributed by atoms with E-state index >= 15 is 0 Å². The number of ether oxygens (including phenoxy) is 3. The molecule has 0 bridgehead atoms. The van der Waals surface area contributed by atoms with E-state index in [1.807, 2.05) is 85.8 Å². The number of halogens is 1. The van der Waals surface area contributed by atoms with Crippen molar-refractivity contribution in [2.45, 2.75) is 18.4 Å². The first kappa shape index (κ1) is 35.3. The Morgan fingerprint density at radius 1 is 0.729 bits per heavy atom. The van der Waals surface area contributed by atoms with Crippen molar-refractivity contribution >= 4 is 31.6 Å². The van der Waals surface area contributed by atoms with Gasteiger partial charge in [0.2, 0.25) is 11.9 Å². The fraction of sp³-hybridized carbons (Fsp3) is 0.152. The summed E-state index contributed by atoms with van der Waals surface area (Å²) < 4.78 is 37.3. The minimum atomic E-state index is -3.66. The molecular formula is C33H35ClN8O5S. The maximum atomic E-state index is 10.9. The van der Waals surface area contributed by atoms with Crippen molar-refractivity contribution < 1.29 is 22.6 Å². The zero-order chi connectivity index (χ0) is 34.5. The number of aryl methyl sites for hydroxylation is 1. The van der Waals surface area contributed by atoms with Crippen molar-refractivity contribution in [1.82, 2.24) is 30.4 Å². The molecule has 6 aromatic rings. The van der Waals surface area contributed by atoms with Crippen molar-refractivity contribution in [3.63, 3.8) is 0 Å². The molecule has 13 nitrogen and oxygen atoms in total. The number of rotatable bonds is 9. The molecule has 4 aromatic carbocycles. The van der Waals surface area contributed by atoms with Crippen LogP contribution in [-0.2, 0) is 15.6 Å². The van der Waals surface area contributed by atoms with Crippen LogP contribution in [0.3, 0.4) is 0 Å². The van der Waals surface area contributed by atoms with Gasteiger partial charge in [0.25, 0.3) is 9.05 Å². The van der Waals surface area contributed by atoms with Crippen molar-refractivity contribution in [3.8, 4) is 40.0 Å². The number of aromatic nitrogens is 6. The molecule has 0 aliphatic rings. The van der Waals surface area contributed by atoms with Gasteiger partial charge in [0, 0.05) is 34.4 Å². The van der Waals surface area contributed by atoms with Gasteiger partial charge in [-0.2, -0.15) is 9.97 Å². The highest BCUT2D eigenvalue weighted by atomic mass is 35.7. The largest absolute Gasteiger partial charge is 0.496 e. The maximum absolute atomic E-state index is 10.9. The van der Waals surface area contributed by atoms with Crippen LogP contribution >= 0.6 is 10.7 Å². The summed E-state index contributed by atoms with van der Waals surface area (Å²) in [7, 11) is 6.22. The lowest BCUT2D eigenvalue weighted by Gasteiger charge is -2.09. The Hall–Kier alpha value is -5.60. The number of hydrogen-bond donors (Lipinski definition) is 4. The van der Waals surface area contributed by atoms with Crippen molar-refractivity contribution in [1.29, 1.82) is 0 Å². The first-order chi connectivity index (χ1) is 23.1. The molecule has 2 heterocycles. The predicted octanol–water partition coefficient (Wildman–Crippen LogP) is 6.09. The summed E-state index contributed by atoms with van der Waals surface area (Å²) >= 11 is 0. The molecular weight excluding hydrogens is 656 g/mol. The van der Waals surface area contributed by atoms with E-state index in [1.165, 1.54) is 19.2 Å². The first-order valence-electron chi connectivity index (χ1n) is 14.4. The lowest BCUT2D eigenvalue weighted by molar-refractivity contribution is 0.354. The van der Waals surface area contributed by atoms with Crippen LogP contribution in [0.15, 0.2) is 102 Å². The number of H-pyrrole nitrogens is 2. The van der Waals surface area contributed by atoms with Gasteiger partial charge in [-0.15, -0.1) is 10.2 Å². The summed E-state index contributed by atoms with van der Waals surface area (Å²) in [5, 5.41) is 16.8. The number of hydrogen-bond acceptors (Lipinski definition) is 11. The third-order valence-electron chi connectivity index (χ3n) is 6.64. The predicted molar refractivity (Wildman–Crippen MR) is 186 cm³/mol. The quantitative estimate of drug-likeness (QED) is 0.129. The maximum Gasteiger partial charge on any atom is 0.261 e. The van der Waals surface area contributed by atoms with Crippen LogP contribution in [0, 0.1) is 6.92 Å². The van der Waals surface area contributed by atoms with Crippen LogP contribution in [0.4, 0.5) is 11.9 Å². The van der Waals surface area contributed by atoms with Crippen molar-refractivity contribution in [2.75, 3.05) is 32.4 Å². The Labute approximate surface area is 282 Å². The van der Waals surface area contributed by atoms with Crippen LogP contribution < -0.4 is 25.3 Å². The fourth-order valence-electron chi connectivity index (χ4n) is 4.19. The average Bonchev–Trinajstić information content (AvgIpc) is 3.77. The Balaban J connectivity index is 0.000000177. The Kier molecular flexibility index (Phi) is 12.3. The van der Waals surface area contributed by atoms with E-state index in [0.717, 1.165) is 28.1 Å². The van der Waals surface area contributed by atoms with E-state index in [1.54, 1.807) is 20.3 Å². The highest BCUT2D eigenvalue weighted by Gasteiger charge is 2.12. The zero-order valence-corrected chi connectivity index (χ0v) is 28.2. The number of nitrogen functional groups attached to an aromatic ring is 1. The van der Waals surface area contributed by atoms with Crippen LogP contribution in [-0.4, -0.2) is 60.1 Å².